The number of aliphatic hydroxyl groups is 1. The molecule has 0 aliphatic carbocycles. The number of aryl methyl sites for hydroxylation is 1. The Balaban J connectivity index is 2.13. The lowest BCUT2D eigenvalue weighted by Gasteiger charge is -2.12. The van der Waals surface area contributed by atoms with Gasteiger partial charge < -0.3 is 14.2 Å². The normalized spacial score (nSPS) is 12.8. The van der Waals surface area contributed by atoms with Crippen LogP contribution in [0.5, 0.6) is 5.75 Å². The van der Waals surface area contributed by atoms with Crippen molar-refractivity contribution < 1.29 is 9.84 Å². The number of hydrogen-bond acceptors (Lipinski definition) is 3. The maximum absolute atomic E-state index is 10.5. The molecule has 24 heavy (non-hydrogen) atoms. The lowest BCUT2D eigenvalue weighted by Crippen LogP contribution is -2.05. The molecule has 0 fully saturated rings. The molecule has 0 aliphatic rings. The van der Waals surface area contributed by atoms with E-state index in [1.54, 1.807) is 0 Å². The van der Waals surface area contributed by atoms with Gasteiger partial charge in [0.05, 0.1) is 23.6 Å². The zero-order valence-corrected chi connectivity index (χ0v) is 14.7. The van der Waals surface area contributed by atoms with Crippen LogP contribution in [0.15, 0.2) is 42.6 Å². The van der Waals surface area contributed by atoms with Gasteiger partial charge in [-0.25, -0.2) is 4.98 Å². The highest BCUT2D eigenvalue weighted by molar-refractivity contribution is 5.69. The number of imidazole rings is 1. The fourth-order valence-electron chi connectivity index (χ4n) is 2.91. The molecule has 2 heterocycles. The van der Waals surface area contributed by atoms with Crippen molar-refractivity contribution in [2.24, 2.45) is 0 Å². The summed E-state index contributed by atoms with van der Waals surface area (Å²) in [6.07, 6.45) is 2.20. The summed E-state index contributed by atoms with van der Waals surface area (Å²) < 4.78 is 7.70. The fourth-order valence-corrected chi connectivity index (χ4v) is 2.91. The van der Waals surface area contributed by atoms with Crippen LogP contribution in [0.25, 0.3) is 16.9 Å². The van der Waals surface area contributed by atoms with Crippen molar-refractivity contribution in [1.82, 2.24) is 9.38 Å². The van der Waals surface area contributed by atoms with E-state index in [0.717, 1.165) is 33.9 Å². The molecule has 1 aromatic carbocycles. The van der Waals surface area contributed by atoms with Crippen molar-refractivity contribution in [3.8, 4) is 17.0 Å². The number of benzene rings is 1. The molecular formula is C20H24N2O2. The van der Waals surface area contributed by atoms with Crippen molar-refractivity contribution >= 4 is 5.65 Å². The number of aromatic nitrogens is 2. The average molecular weight is 324 g/mol. The van der Waals surface area contributed by atoms with Crippen molar-refractivity contribution in [2.75, 3.05) is 0 Å². The minimum absolute atomic E-state index is 0.145. The highest BCUT2D eigenvalue weighted by Gasteiger charge is 2.20. The predicted octanol–water partition coefficient (Wildman–Crippen LogP) is 4.54. The highest BCUT2D eigenvalue weighted by atomic mass is 16.5. The minimum Gasteiger partial charge on any atom is -0.491 e. The van der Waals surface area contributed by atoms with E-state index in [1.165, 1.54) is 0 Å². The van der Waals surface area contributed by atoms with E-state index in [4.69, 9.17) is 9.72 Å². The van der Waals surface area contributed by atoms with E-state index >= 15 is 0 Å². The maximum Gasteiger partial charge on any atom is 0.140 e. The molecule has 4 nitrogen and oxygen atoms in total. The van der Waals surface area contributed by atoms with E-state index in [9.17, 15) is 5.11 Å². The molecule has 2 aromatic heterocycles. The van der Waals surface area contributed by atoms with Gasteiger partial charge in [-0.2, -0.15) is 0 Å². The van der Waals surface area contributed by atoms with Gasteiger partial charge in [-0.3, -0.25) is 0 Å². The molecule has 1 N–H and O–H groups in total. The number of ether oxygens (including phenoxy) is 1. The molecule has 126 valence electrons. The van der Waals surface area contributed by atoms with Gasteiger partial charge in [0.1, 0.15) is 11.4 Å². The van der Waals surface area contributed by atoms with Crippen molar-refractivity contribution in [3.63, 3.8) is 0 Å². The summed E-state index contributed by atoms with van der Waals surface area (Å²) >= 11 is 0. The van der Waals surface area contributed by atoms with E-state index < -0.39 is 6.10 Å². The van der Waals surface area contributed by atoms with E-state index in [-0.39, 0.29) is 6.10 Å². The third-order valence-corrected chi connectivity index (χ3v) is 4.08. The smallest absolute Gasteiger partial charge is 0.140 e. The molecule has 3 rings (SSSR count). The summed E-state index contributed by atoms with van der Waals surface area (Å²) in [6, 6.07) is 11.9. The summed E-state index contributed by atoms with van der Waals surface area (Å²) in [5.74, 6) is 0.839. The third kappa shape index (κ3) is 3.02. The molecule has 0 bridgehead atoms. The first-order chi connectivity index (χ1) is 11.5. The van der Waals surface area contributed by atoms with Gasteiger partial charge in [-0.15, -0.1) is 0 Å². The van der Waals surface area contributed by atoms with Gasteiger partial charge >= 0.3 is 0 Å². The van der Waals surface area contributed by atoms with Crippen LogP contribution in [0, 0.1) is 6.92 Å². The van der Waals surface area contributed by atoms with E-state index in [1.807, 2.05) is 74.7 Å². The van der Waals surface area contributed by atoms with E-state index in [0.29, 0.717) is 6.42 Å². The number of hydrogen-bond donors (Lipinski definition) is 1. The Morgan fingerprint density at radius 3 is 2.50 bits per heavy atom. The van der Waals surface area contributed by atoms with Gasteiger partial charge in [-0.1, -0.05) is 13.0 Å². The van der Waals surface area contributed by atoms with Crippen LogP contribution in [-0.2, 0) is 0 Å². The Labute approximate surface area is 142 Å². The molecule has 0 saturated heterocycles. The van der Waals surface area contributed by atoms with Crippen LogP contribution in [0.1, 0.15) is 44.6 Å². The predicted molar refractivity (Wildman–Crippen MR) is 96.4 cm³/mol. The Morgan fingerprint density at radius 1 is 1.17 bits per heavy atom. The van der Waals surface area contributed by atoms with Crippen LogP contribution in [0.3, 0.4) is 0 Å². The highest BCUT2D eigenvalue weighted by Crippen LogP contribution is 2.32. The summed E-state index contributed by atoms with van der Waals surface area (Å²) in [6.45, 7) is 8.03. The van der Waals surface area contributed by atoms with Gasteiger partial charge in [0, 0.05) is 11.8 Å². The average Bonchev–Trinajstić information content (AvgIpc) is 2.95. The van der Waals surface area contributed by atoms with Gasteiger partial charge in [-0.05, 0) is 63.1 Å². The van der Waals surface area contributed by atoms with Crippen LogP contribution in [-0.4, -0.2) is 20.6 Å². The maximum atomic E-state index is 10.5. The molecule has 1 unspecified atom stereocenters. The van der Waals surface area contributed by atoms with Crippen molar-refractivity contribution in [2.45, 2.75) is 46.3 Å². The molecule has 1 atom stereocenters. The molecule has 4 heteroatoms. The second-order valence-electron chi connectivity index (χ2n) is 6.35. The molecule has 0 amide bonds. The summed E-state index contributed by atoms with van der Waals surface area (Å²) in [5.41, 5.74) is 4.63. The summed E-state index contributed by atoms with van der Waals surface area (Å²) in [5, 5.41) is 10.5. The van der Waals surface area contributed by atoms with Crippen LogP contribution in [0.2, 0.25) is 0 Å². The first kappa shape index (κ1) is 16.5. The molecular weight excluding hydrogens is 300 g/mol. The van der Waals surface area contributed by atoms with Crippen molar-refractivity contribution in [1.29, 1.82) is 0 Å². The minimum atomic E-state index is -0.552. The Kier molecular flexibility index (Phi) is 4.58. The number of pyridine rings is 1. The zero-order valence-electron chi connectivity index (χ0n) is 14.7. The number of fused-ring (bicyclic) bond motifs is 1. The number of aliphatic hydroxyl groups excluding tert-OH is 1. The van der Waals surface area contributed by atoms with Gasteiger partial charge in [0.2, 0.25) is 0 Å². The fraction of sp³-hybridized carbons (Fsp3) is 0.350. The first-order valence-corrected chi connectivity index (χ1v) is 8.44. The topological polar surface area (TPSA) is 46.8 Å². The van der Waals surface area contributed by atoms with Gasteiger partial charge in [0.25, 0.3) is 0 Å². The SMILES string of the molecule is CCC(O)c1c(-c2ccc(OC(C)C)cc2)nc2c(C)cccn12. The molecule has 0 spiro atoms. The lowest BCUT2D eigenvalue weighted by atomic mass is 10.1. The first-order valence-electron chi connectivity index (χ1n) is 8.44. The lowest BCUT2D eigenvalue weighted by molar-refractivity contribution is 0.168. The molecule has 0 saturated carbocycles. The zero-order chi connectivity index (χ0) is 17.3. The van der Waals surface area contributed by atoms with Crippen molar-refractivity contribution in [3.05, 3.63) is 53.9 Å². The number of rotatable bonds is 5. The Bertz CT molecular complexity index is 835. The van der Waals surface area contributed by atoms with Crippen LogP contribution >= 0.6 is 0 Å². The summed E-state index contributed by atoms with van der Waals surface area (Å²) in [4.78, 5) is 4.80. The molecule has 3 aromatic rings. The monoisotopic (exact) mass is 324 g/mol. The number of nitrogens with zero attached hydrogens (tertiary/aromatic N) is 2. The second kappa shape index (κ2) is 6.65. The van der Waals surface area contributed by atoms with Crippen LogP contribution in [0.4, 0.5) is 0 Å². The summed E-state index contributed by atoms with van der Waals surface area (Å²) in [7, 11) is 0. The molecule has 0 radical (unpaired) electrons. The quantitative estimate of drug-likeness (QED) is 0.749. The van der Waals surface area contributed by atoms with Gasteiger partial charge in [0.15, 0.2) is 0 Å². The second-order valence-corrected chi connectivity index (χ2v) is 6.35. The third-order valence-electron chi connectivity index (χ3n) is 4.08. The largest absolute Gasteiger partial charge is 0.491 e. The Morgan fingerprint density at radius 2 is 1.88 bits per heavy atom. The molecule has 0 aliphatic heterocycles. The Hall–Kier alpha value is -2.33. The standard InChI is InChI=1S/C20H24N2O2/c1-5-17(23)19-18(21-20-14(4)7-6-12-22(19)20)15-8-10-16(11-9-15)24-13(2)3/h6-13,17,23H,5H2,1-4H3. The van der Waals surface area contributed by atoms with Crippen LogP contribution < -0.4 is 4.74 Å². The van der Waals surface area contributed by atoms with E-state index in [2.05, 4.69) is 0 Å².